The third-order valence-electron chi connectivity index (χ3n) is 1.52. The van der Waals surface area contributed by atoms with E-state index in [1.807, 2.05) is 6.92 Å². The largest absolute Gasteiger partial charge is 0.294 e. The van der Waals surface area contributed by atoms with E-state index in [2.05, 4.69) is 21.0 Å². The Morgan fingerprint density at radius 2 is 2.50 bits per heavy atom. The van der Waals surface area contributed by atoms with Gasteiger partial charge in [-0.3, -0.25) is 10.2 Å². The average Bonchev–Trinajstić information content (AvgIpc) is 2.51. The Morgan fingerprint density at radius 3 is 3.00 bits per heavy atom. The van der Waals surface area contributed by atoms with Crippen LogP contribution in [0.5, 0.6) is 0 Å². The Bertz CT molecular complexity index is 313. The van der Waals surface area contributed by atoms with Crippen molar-refractivity contribution in [2.75, 3.05) is 0 Å². The molecule has 14 heavy (non-hydrogen) atoms. The number of hydrogen-bond donors (Lipinski definition) is 2. The first-order valence-electron chi connectivity index (χ1n) is 4.02. The summed E-state index contributed by atoms with van der Waals surface area (Å²) in [4.78, 5) is 10.9. The van der Waals surface area contributed by atoms with Crippen molar-refractivity contribution in [3.8, 4) is 0 Å². The molecule has 1 amide bonds. The minimum atomic E-state index is -0.194. The highest BCUT2D eigenvalue weighted by molar-refractivity contribution is 7.99. The maximum absolute atomic E-state index is 10.9. The molecular formula is C6H12N6OS. The van der Waals surface area contributed by atoms with Crippen LogP contribution in [0, 0.1) is 0 Å². The van der Waals surface area contributed by atoms with Crippen molar-refractivity contribution in [3.05, 3.63) is 0 Å². The molecule has 1 unspecified atom stereocenters. The topological polar surface area (TPSA) is 98.7 Å². The van der Waals surface area contributed by atoms with Crippen molar-refractivity contribution in [2.24, 2.45) is 12.9 Å². The van der Waals surface area contributed by atoms with Crippen LogP contribution in [0.2, 0.25) is 0 Å². The molecule has 1 atom stereocenters. The summed E-state index contributed by atoms with van der Waals surface area (Å²) in [6, 6.07) is 0. The fourth-order valence-electron chi connectivity index (χ4n) is 0.863. The summed E-state index contributed by atoms with van der Waals surface area (Å²) in [7, 11) is 1.75. The van der Waals surface area contributed by atoms with E-state index in [1.165, 1.54) is 11.8 Å². The lowest BCUT2D eigenvalue weighted by Gasteiger charge is -2.07. The monoisotopic (exact) mass is 216 g/mol. The molecule has 0 aliphatic carbocycles. The lowest BCUT2D eigenvalue weighted by molar-refractivity contribution is -0.121. The normalized spacial score (nSPS) is 12.5. The molecule has 1 aromatic rings. The van der Waals surface area contributed by atoms with Gasteiger partial charge in [-0.25, -0.2) is 10.5 Å². The molecule has 0 radical (unpaired) electrons. The summed E-state index contributed by atoms with van der Waals surface area (Å²) in [6.07, 6.45) is 0.341. The molecule has 3 N–H and O–H groups in total. The third kappa shape index (κ3) is 2.96. The SMILES string of the molecule is CC(CC(=O)NN)Sc1nnnn1C. The summed E-state index contributed by atoms with van der Waals surface area (Å²) >= 11 is 1.43. The molecule has 0 aromatic carbocycles. The molecule has 0 bridgehead atoms. The number of carbonyl (C=O) groups is 1. The molecule has 78 valence electrons. The van der Waals surface area contributed by atoms with E-state index in [9.17, 15) is 4.79 Å². The second-order valence-corrected chi connectivity index (χ2v) is 4.19. The number of tetrazole rings is 1. The number of nitrogens with two attached hydrogens (primary N) is 1. The fourth-order valence-corrected chi connectivity index (χ4v) is 1.73. The minimum absolute atomic E-state index is 0.0863. The Hall–Kier alpha value is -1.15. The number of nitrogens with zero attached hydrogens (tertiary/aromatic N) is 4. The molecule has 1 heterocycles. The number of hydrogen-bond acceptors (Lipinski definition) is 6. The summed E-state index contributed by atoms with van der Waals surface area (Å²) in [6.45, 7) is 1.91. The zero-order valence-corrected chi connectivity index (χ0v) is 8.78. The van der Waals surface area contributed by atoms with Crippen LogP contribution in [0.1, 0.15) is 13.3 Å². The van der Waals surface area contributed by atoms with Gasteiger partial charge in [-0.2, -0.15) is 0 Å². The predicted octanol–water partition coefficient (Wildman–Crippen LogP) is -0.929. The summed E-state index contributed by atoms with van der Waals surface area (Å²) in [5, 5.41) is 11.7. The Labute approximate surface area is 85.4 Å². The minimum Gasteiger partial charge on any atom is -0.294 e. The molecule has 1 aromatic heterocycles. The first-order valence-corrected chi connectivity index (χ1v) is 4.90. The second-order valence-electron chi connectivity index (χ2n) is 2.79. The average molecular weight is 216 g/mol. The molecule has 7 nitrogen and oxygen atoms in total. The third-order valence-corrected chi connectivity index (χ3v) is 2.65. The molecule has 1 rings (SSSR count). The van der Waals surface area contributed by atoms with Crippen molar-refractivity contribution in [1.82, 2.24) is 25.6 Å². The maximum Gasteiger partial charge on any atom is 0.234 e. The van der Waals surface area contributed by atoms with Crippen LogP contribution in [0.3, 0.4) is 0 Å². The van der Waals surface area contributed by atoms with Crippen LogP contribution < -0.4 is 11.3 Å². The van der Waals surface area contributed by atoms with Gasteiger partial charge in [-0.15, -0.1) is 5.10 Å². The molecule has 0 fully saturated rings. The molecule has 0 spiro atoms. The highest BCUT2D eigenvalue weighted by Crippen LogP contribution is 2.21. The summed E-state index contributed by atoms with van der Waals surface area (Å²) < 4.78 is 1.56. The fraction of sp³-hybridized carbons (Fsp3) is 0.667. The van der Waals surface area contributed by atoms with Gasteiger partial charge in [0.15, 0.2) is 0 Å². The number of aryl methyl sites for hydroxylation is 1. The highest BCUT2D eigenvalue weighted by Gasteiger charge is 2.12. The first kappa shape index (κ1) is 10.9. The highest BCUT2D eigenvalue weighted by atomic mass is 32.2. The van der Waals surface area contributed by atoms with E-state index in [0.717, 1.165) is 0 Å². The van der Waals surface area contributed by atoms with Gasteiger partial charge in [0.05, 0.1) is 0 Å². The number of hydrazine groups is 1. The van der Waals surface area contributed by atoms with Gasteiger partial charge in [0.2, 0.25) is 11.1 Å². The molecule has 0 aliphatic heterocycles. The number of thioether (sulfide) groups is 1. The van der Waals surface area contributed by atoms with E-state index in [-0.39, 0.29) is 11.2 Å². The van der Waals surface area contributed by atoms with Gasteiger partial charge in [-0.05, 0) is 10.4 Å². The molecule has 0 saturated heterocycles. The van der Waals surface area contributed by atoms with Crippen molar-refractivity contribution in [2.45, 2.75) is 23.8 Å². The Balaban J connectivity index is 2.45. The van der Waals surface area contributed by atoms with Crippen LogP contribution >= 0.6 is 11.8 Å². The number of carbonyl (C=O) groups excluding carboxylic acids is 1. The van der Waals surface area contributed by atoms with Crippen molar-refractivity contribution < 1.29 is 4.79 Å². The van der Waals surface area contributed by atoms with Crippen LogP contribution in [-0.4, -0.2) is 31.4 Å². The van der Waals surface area contributed by atoms with Gasteiger partial charge in [0, 0.05) is 18.7 Å². The number of amides is 1. The quantitative estimate of drug-likeness (QED) is 0.292. The van der Waals surface area contributed by atoms with E-state index in [4.69, 9.17) is 5.84 Å². The van der Waals surface area contributed by atoms with Crippen LogP contribution in [0.25, 0.3) is 0 Å². The lowest BCUT2D eigenvalue weighted by atomic mass is 10.3. The van der Waals surface area contributed by atoms with Crippen LogP contribution in [0.15, 0.2) is 5.16 Å². The van der Waals surface area contributed by atoms with E-state index < -0.39 is 0 Å². The predicted molar refractivity (Wildman–Crippen MR) is 51.1 cm³/mol. The van der Waals surface area contributed by atoms with Gasteiger partial charge in [-0.1, -0.05) is 18.7 Å². The molecule has 0 aliphatic rings. The smallest absolute Gasteiger partial charge is 0.234 e. The van der Waals surface area contributed by atoms with Crippen LogP contribution in [0.4, 0.5) is 0 Å². The van der Waals surface area contributed by atoms with Crippen molar-refractivity contribution in [3.63, 3.8) is 0 Å². The Morgan fingerprint density at radius 1 is 1.79 bits per heavy atom. The van der Waals surface area contributed by atoms with Gasteiger partial charge in [0.1, 0.15) is 0 Å². The van der Waals surface area contributed by atoms with Crippen molar-refractivity contribution in [1.29, 1.82) is 0 Å². The zero-order valence-electron chi connectivity index (χ0n) is 7.97. The van der Waals surface area contributed by atoms with Gasteiger partial charge < -0.3 is 0 Å². The van der Waals surface area contributed by atoms with E-state index in [1.54, 1.807) is 11.7 Å². The van der Waals surface area contributed by atoms with Gasteiger partial charge in [0.25, 0.3) is 0 Å². The number of aromatic nitrogens is 4. The Kier molecular flexibility index (Phi) is 3.84. The molecular weight excluding hydrogens is 204 g/mol. The van der Waals surface area contributed by atoms with Crippen LogP contribution in [-0.2, 0) is 11.8 Å². The van der Waals surface area contributed by atoms with E-state index in [0.29, 0.717) is 11.6 Å². The maximum atomic E-state index is 10.9. The van der Waals surface area contributed by atoms with E-state index >= 15 is 0 Å². The number of nitrogens with one attached hydrogen (secondary N) is 1. The zero-order chi connectivity index (χ0) is 10.6. The first-order chi connectivity index (χ1) is 6.63. The molecule has 8 heteroatoms. The summed E-state index contributed by atoms with van der Waals surface area (Å²) in [5.41, 5.74) is 2.08. The summed E-state index contributed by atoms with van der Waals surface area (Å²) in [5.74, 6) is 4.77. The number of rotatable bonds is 4. The second kappa shape index (κ2) is 4.91. The lowest BCUT2D eigenvalue weighted by Crippen LogP contribution is -2.31. The molecule has 0 saturated carbocycles. The van der Waals surface area contributed by atoms with Gasteiger partial charge >= 0.3 is 0 Å². The standard InChI is InChI=1S/C6H12N6OS/c1-4(3-5(13)8-7)14-6-9-10-11-12(6)2/h4H,3,7H2,1-2H3,(H,8,13). The van der Waals surface area contributed by atoms with Crippen molar-refractivity contribution >= 4 is 17.7 Å².